The van der Waals surface area contributed by atoms with E-state index in [2.05, 4.69) is 0 Å². The summed E-state index contributed by atoms with van der Waals surface area (Å²) in [4.78, 5) is 16.5. The zero-order chi connectivity index (χ0) is 10.6. The number of nitrogens with zero attached hydrogens (tertiary/aromatic N) is 2. The zero-order valence-electron chi connectivity index (χ0n) is 7.45. The van der Waals surface area contributed by atoms with E-state index in [1.807, 2.05) is 0 Å². The van der Waals surface area contributed by atoms with Crippen LogP contribution in [0.15, 0.2) is 0 Å². The van der Waals surface area contributed by atoms with Crippen molar-refractivity contribution in [3.8, 4) is 0 Å². The van der Waals surface area contributed by atoms with Crippen LogP contribution in [0, 0.1) is 30.6 Å². The minimum absolute atomic E-state index is 0. The Balaban J connectivity index is -0.0000000135. The molecule has 0 fully saturated rings. The van der Waals surface area contributed by atoms with Gasteiger partial charge < -0.3 is 57.3 Å². The number of hydrogen-bond acceptors (Lipinski definition) is 8. The first-order valence-corrected chi connectivity index (χ1v) is 2.23. The van der Waals surface area contributed by atoms with Gasteiger partial charge in [0.2, 0.25) is 0 Å². The Hall–Kier alpha value is -1.28. The van der Waals surface area contributed by atoms with E-state index in [1.54, 1.807) is 0 Å². The summed E-state index contributed by atoms with van der Waals surface area (Å²) in [6, 6.07) is 0. The summed E-state index contributed by atoms with van der Waals surface area (Å²) in [5.41, 5.74) is 0. The third-order valence-corrected chi connectivity index (χ3v) is 0.1000. The van der Waals surface area contributed by atoms with Crippen LogP contribution in [0.5, 0.6) is 0 Å². The second-order valence-electron chi connectivity index (χ2n) is 0.894. The van der Waals surface area contributed by atoms with Crippen molar-refractivity contribution in [3.63, 3.8) is 0 Å². The summed E-state index contributed by atoms with van der Waals surface area (Å²) < 4.78 is 0. The van der Waals surface area contributed by atoms with Gasteiger partial charge >= 0.3 is 17.1 Å². The van der Waals surface area contributed by atoms with Crippen molar-refractivity contribution < 1.29 is 53.9 Å². The van der Waals surface area contributed by atoms with Crippen LogP contribution in [0.25, 0.3) is 0 Å². The molecule has 0 aliphatic carbocycles. The van der Waals surface area contributed by atoms with E-state index < -0.39 is 10.2 Å². The fourth-order valence-electron chi connectivity index (χ4n) is 0. The first-order chi connectivity index (χ1) is 5.38. The van der Waals surface area contributed by atoms with Crippen molar-refractivity contribution in [2.24, 2.45) is 0 Å². The van der Waals surface area contributed by atoms with Crippen molar-refractivity contribution >= 4 is 0 Å². The molecule has 0 aliphatic heterocycles. The van der Waals surface area contributed by atoms with E-state index >= 15 is 0 Å². The Labute approximate surface area is 98.5 Å². The maximum absolute atomic E-state index is 8.25. The van der Waals surface area contributed by atoms with Crippen LogP contribution in [-0.4, -0.2) is 50.0 Å². The maximum Gasteiger partial charge on any atom is 2.00 e. The first-order valence-electron chi connectivity index (χ1n) is 2.23. The Bertz CT molecular complexity index is 98.6. The van der Waals surface area contributed by atoms with Gasteiger partial charge in [0.1, 0.15) is 0 Å². The molecule has 107 valence electrons. The van der Waals surface area contributed by atoms with Gasteiger partial charge in [-0.2, -0.15) is 0 Å². The summed E-state index contributed by atoms with van der Waals surface area (Å²) in [5.74, 6) is 0. The van der Waals surface area contributed by atoms with Gasteiger partial charge in [-0.1, -0.05) is 0 Å². The van der Waals surface area contributed by atoms with Gasteiger partial charge in [0.15, 0.2) is 0 Å². The number of aliphatic hydroxyl groups is 2. The standard InChI is InChI=1S/C2H6O2.Cu.2NO3.3H2O/c3-1-2-4;;2*2-1(3)4;;;/h3-4H,1-2H2;;;;3*1H2/q;+2;2*-1;;;. The molecular formula is C2H12CuN2O11. The molecule has 0 aromatic rings. The SMILES string of the molecule is O.O.O.O=[N+]([O-])[O-].O=[N+]([O-])[O-].OCCO.[Cu+2]. The van der Waals surface area contributed by atoms with Crippen LogP contribution < -0.4 is 0 Å². The number of aliphatic hydroxyl groups excluding tert-OH is 2. The monoisotopic (exact) mass is 303 g/mol. The third-order valence-electron chi connectivity index (χ3n) is 0.1000. The minimum atomic E-state index is -1.75. The van der Waals surface area contributed by atoms with E-state index in [1.165, 1.54) is 0 Å². The van der Waals surface area contributed by atoms with E-state index in [0.717, 1.165) is 0 Å². The topological polar surface area (TPSA) is 267 Å². The molecule has 0 amide bonds. The van der Waals surface area contributed by atoms with E-state index in [0.29, 0.717) is 0 Å². The normalized spacial score (nSPS) is 4.88. The smallest absolute Gasteiger partial charge is 0.412 e. The molecule has 16 heavy (non-hydrogen) atoms. The summed E-state index contributed by atoms with van der Waals surface area (Å²) in [7, 11) is 0. The van der Waals surface area contributed by atoms with Gasteiger partial charge in [-0.05, 0) is 0 Å². The largest absolute Gasteiger partial charge is 2.00 e. The molecule has 14 heteroatoms. The Morgan fingerprint density at radius 2 is 0.812 bits per heavy atom. The molecule has 0 rings (SSSR count). The summed E-state index contributed by atoms with van der Waals surface area (Å²) in [6.07, 6.45) is 0. The molecule has 0 heterocycles. The second-order valence-corrected chi connectivity index (χ2v) is 0.894. The van der Waals surface area contributed by atoms with Crippen LogP contribution in [-0.2, 0) is 17.1 Å². The van der Waals surface area contributed by atoms with Crippen LogP contribution >= 0.6 is 0 Å². The van der Waals surface area contributed by atoms with Gasteiger partial charge in [0, 0.05) is 0 Å². The van der Waals surface area contributed by atoms with Gasteiger partial charge in [0.25, 0.3) is 0 Å². The summed E-state index contributed by atoms with van der Waals surface area (Å²) in [5, 5.41) is 44.8. The predicted molar refractivity (Wildman–Crippen MR) is 45.7 cm³/mol. The van der Waals surface area contributed by atoms with E-state index in [-0.39, 0.29) is 46.7 Å². The maximum atomic E-state index is 8.25. The second kappa shape index (κ2) is 49.2. The number of rotatable bonds is 1. The van der Waals surface area contributed by atoms with Gasteiger partial charge in [-0.15, -0.1) is 0 Å². The van der Waals surface area contributed by atoms with Crippen molar-refractivity contribution in [2.45, 2.75) is 0 Å². The molecule has 0 spiro atoms. The molecule has 0 aromatic heterocycles. The molecule has 0 aromatic carbocycles. The molecule has 0 bridgehead atoms. The quantitative estimate of drug-likeness (QED) is 0.273. The molecule has 0 unspecified atom stereocenters. The van der Waals surface area contributed by atoms with Gasteiger partial charge in [-0.25, -0.2) is 0 Å². The van der Waals surface area contributed by atoms with Crippen LogP contribution in [0.1, 0.15) is 0 Å². The zero-order valence-corrected chi connectivity index (χ0v) is 8.40. The average Bonchev–Trinajstić information content (AvgIpc) is 1.85. The summed E-state index contributed by atoms with van der Waals surface area (Å²) >= 11 is 0. The fourth-order valence-corrected chi connectivity index (χ4v) is 0. The Morgan fingerprint density at radius 3 is 0.812 bits per heavy atom. The predicted octanol–water partition coefficient (Wildman–Crippen LogP) is -3.98. The molecule has 0 saturated carbocycles. The van der Waals surface area contributed by atoms with Crippen molar-refractivity contribution in [3.05, 3.63) is 30.6 Å². The molecule has 13 nitrogen and oxygen atoms in total. The molecule has 0 aliphatic rings. The van der Waals surface area contributed by atoms with Crippen LogP contribution in [0.2, 0.25) is 0 Å². The van der Waals surface area contributed by atoms with Crippen LogP contribution in [0.3, 0.4) is 0 Å². The van der Waals surface area contributed by atoms with Crippen molar-refractivity contribution in [2.75, 3.05) is 13.2 Å². The molecule has 0 saturated heterocycles. The Kier molecular flexibility index (Phi) is 143. The average molecular weight is 304 g/mol. The fraction of sp³-hybridized carbons (Fsp3) is 1.00. The minimum Gasteiger partial charge on any atom is -0.412 e. The molecular weight excluding hydrogens is 292 g/mol. The molecule has 8 N–H and O–H groups in total. The van der Waals surface area contributed by atoms with Gasteiger partial charge in [0.05, 0.1) is 23.4 Å². The van der Waals surface area contributed by atoms with Gasteiger partial charge in [-0.3, -0.25) is 0 Å². The molecule has 0 atom stereocenters. The molecule has 1 radical (unpaired) electrons. The third kappa shape index (κ3) is 22200. The number of hydrogen-bond donors (Lipinski definition) is 2. The Morgan fingerprint density at radius 1 is 0.750 bits per heavy atom. The van der Waals surface area contributed by atoms with E-state index in [9.17, 15) is 0 Å². The van der Waals surface area contributed by atoms with E-state index in [4.69, 9.17) is 40.9 Å². The first kappa shape index (κ1) is 46.5. The van der Waals surface area contributed by atoms with Crippen LogP contribution in [0.4, 0.5) is 0 Å². The van der Waals surface area contributed by atoms with Crippen molar-refractivity contribution in [1.82, 2.24) is 0 Å². The van der Waals surface area contributed by atoms with Crippen molar-refractivity contribution in [1.29, 1.82) is 0 Å². The summed E-state index contributed by atoms with van der Waals surface area (Å²) in [6.45, 7) is -0.250.